The number of benzene rings is 1. The van der Waals surface area contributed by atoms with Gasteiger partial charge in [-0.3, -0.25) is 10.1 Å². The molecule has 7 nitrogen and oxygen atoms in total. The normalized spacial score (nSPS) is 18.5. The van der Waals surface area contributed by atoms with Gasteiger partial charge in [0.25, 0.3) is 5.69 Å². The molecule has 20 heavy (non-hydrogen) atoms. The number of nitro groups is 1. The van der Waals surface area contributed by atoms with E-state index in [-0.39, 0.29) is 28.9 Å². The molecule has 0 aliphatic carbocycles. The Hall–Kier alpha value is -1.22. The molecule has 0 saturated carbocycles. The van der Waals surface area contributed by atoms with Crippen molar-refractivity contribution in [3.8, 4) is 0 Å². The highest BCUT2D eigenvalue weighted by Crippen LogP contribution is 2.17. The summed E-state index contributed by atoms with van der Waals surface area (Å²) in [6.45, 7) is 2.03. The van der Waals surface area contributed by atoms with Crippen LogP contribution in [0.1, 0.15) is 6.42 Å². The summed E-state index contributed by atoms with van der Waals surface area (Å²) in [5.41, 5.74) is -0.231. The Labute approximate surface area is 123 Å². The largest absolute Gasteiger partial charge is 0.316 e. The maximum atomic E-state index is 12.0. The van der Waals surface area contributed by atoms with Gasteiger partial charge >= 0.3 is 0 Å². The van der Waals surface area contributed by atoms with Crippen LogP contribution < -0.4 is 10.0 Å². The maximum Gasteiger partial charge on any atom is 0.270 e. The average Bonchev–Trinajstić information content (AvgIpc) is 2.90. The number of non-ortho nitro benzene ring substituents is 1. The van der Waals surface area contributed by atoms with Crippen LogP contribution in [0.3, 0.4) is 0 Å². The number of sulfonamides is 1. The van der Waals surface area contributed by atoms with E-state index in [1.807, 2.05) is 0 Å². The number of rotatable bonds is 5. The summed E-state index contributed by atoms with van der Waals surface area (Å²) in [6.07, 6.45) is 0.928. The van der Waals surface area contributed by atoms with E-state index in [2.05, 4.69) is 10.0 Å². The number of hydrogen-bond acceptors (Lipinski definition) is 5. The SMILES string of the molecule is Cl.O=[N+]([O-])c1cccc(S(=O)(=O)NCC2CCNC2)c1. The molecule has 0 amide bonds. The van der Waals surface area contributed by atoms with Gasteiger partial charge in [-0.05, 0) is 31.5 Å². The minimum atomic E-state index is -3.69. The summed E-state index contributed by atoms with van der Waals surface area (Å²) in [6, 6.07) is 5.04. The Morgan fingerprint density at radius 3 is 2.80 bits per heavy atom. The average molecular weight is 322 g/mol. The van der Waals surface area contributed by atoms with E-state index >= 15 is 0 Å². The van der Waals surface area contributed by atoms with Gasteiger partial charge in [0.05, 0.1) is 9.82 Å². The molecule has 2 rings (SSSR count). The zero-order chi connectivity index (χ0) is 13.9. The van der Waals surface area contributed by atoms with E-state index < -0.39 is 14.9 Å². The fourth-order valence-electron chi connectivity index (χ4n) is 1.96. The van der Waals surface area contributed by atoms with Gasteiger partial charge in [0.15, 0.2) is 0 Å². The third kappa shape index (κ3) is 4.14. The Balaban J connectivity index is 0.00000200. The zero-order valence-corrected chi connectivity index (χ0v) is 12.2. The highest BCUT2D eigenvalue weighted by Gasteiger charge is 2.21. The van der Waals surface area contributed by atoms with E-state index in [0.717, 1.165) is 25.6 Å². The molecule has 1 aliphatic rings. The Bertz CT molecular complexity index is 573. The fraction of sp³-hybridized carbons (Fsp3) is 0.455. The molecule has 1 aromatic carbocycles. The summed E-state index contributed by atoms with van der Waals surface area (Å²) in [7, 11) is -3.69. The number of hydrogen-bond donors (Lipinski definition) is 2. The van der Waals surface area contributed by atoms with Gasteiger partial charge in [-0.1, -0.05) is 6.07 Å². The molecule has 0 spiro atoms. The molecule has 0 radical (unpaired) electrons. The predicted octanol–water partition coefficient (Wildman–Crippen LogP) is 0.904. The third-order valence-electron chi connectivity index (χ3n) is 3.06. The van der Waals surface area contributed by atoms with Gasteiger partial charge in [0, 0.05) is 18.7 Å². The minimum absolute atomic E-state index is 0. The molecule has 2 N–H and O–H groups in total. The van der Waals surface area contributed by atoms with Gasteiger partial charge < -0.3 is 5.32 Å². The molecular weight excluding hydrogens is 306 g/mol. The molecule has 0 bridgehead atoms. The topological polar surface area (TPSA) is 101 Å². The summed E-state index contributed by atoms with van der Waals surface area (Å²) in [5.74, 6) is 0.272. The smallest absolute Gasteiger partial charge is 0.270 e. The lowest BCUT2D eigenvalue weighted by molar-refractivity contribution is -0.385. The summed E-state index contributed by atoms with van der Waals surface area (Å²) >= 11 is 0. The van der Waals surface area contributed by atoms with Crippen molar-refractivity contribution in [1.82, 2.24) is 10.0 Å². The number of nitro benzene ring substituents is 1. The second-order valence-corrected chi connectivity index (χ2v) is 6.23. The van der Waals surface area contributed by atoms with Gasteiger partial charge in [-0.25, -0.2) is 13.1 Å². The Morgan fingerprint density at radius 2 is 2.20 bits per heavy atom. The van der Waals surface area contributed by atoms with Crippen molar-refractivity contribution >= 4 is 28.1 Å². The molecule has 1 heterocycles. The monoisotopic (exact) mass is 321 g/mol. The molecule has 1 aliphatic heterocycles. The van der Waals surface area contributed by atoms with Crippen LogP contribution in [0.5, 0.6) is 0 Å². The van der Waals surface area contributed by atoms with Crippen molar-refractivity contribution in [2.24, 2.45) is 5.92 Å². The Kier molecular flexibility index (Phi) is 5.88. The van der Waals surface area contributed by atoms with Crippen LogP contribution in [0.25, 0.3) is 0 Å². The molecule has 1 fully saturated rings. The molecular formula is C11H16ClN3O4S. The van der Waals surface area contributed by atoms with Crippen molar-refractivity contribution in [3.63, 3.8) is 0 Å². The lowest BCUT2D eigenvalue weighted by atomic mass is 10.1. The minimum Gasteiger partial charge on any atom is -0.316 e. The molecule has 0 aromatic heterocycles. The van der Waals surface area contributed by atoms with Crippen LogP contribution >= 0.6 is 12.4 Å². The maximum absolute atomic E-state index is 12.0. The first-order valence-electron chi connectivity index (χ1n) is 5.94. The van der Waals surface area contributed by atoms with Gasteiger partial charge in [0.2, 0.25) is 10.0 Å². The summed E-state index contributed by atoms with van der Waals surface area (Å²) < 4.78 is 26.5. The quantitative estimate of drug-likeness (QED) is 0.620. The first-order valence-corrected chi connectivity index (χ1v) is 7.42. The highest BCUT2D eigenvalue weighted by molar-refractivity contribution is 7.89. The van der Waals surface area contributed by atoms with Gasteiger partial charge in [-0.15, -0.1) is 12.4 Å². The van der Waals surface area contributed by atoms with Crippen LogP contribution in [0.4, 0.5) is 5.69 Å². The van der Waals surface area contributed by atoms with Crippen LogP contribution in [0.15, 0.2) is 29.2 Å². The first-order chi connectivity index (χ1) is 8.99. The van der Waals surface area contributed by atoms with Crippen LogP contribution in [-0.4, -0.2) is 33.0 Å². The first kappa shape index (κ1) is 16.8. The lowest BCUT2D eigenvalue weighted by Crippen LogP contribution is -2.30. The number of nitrogens with one attached hydrogen (secondary N) is 2. The predicted molar refractivity (Wildman–Crippen MR) is 76.5 cm³/mol. The molecule has 1 unspecified atom stereocenters. The van der Waals surface area contributed by atoms with E-state index in [0.29, 0.717) is 6.54 Å². The van der Waals surface area contributed by atoms with Crippen molar-refractivity contribution in [1.29, 1.82) is 0 Å². The zero-order valence-electron chi connectivity index (χ0n) is 10.6. The second-order valence-electron chi connectivity index (χ2n) is 4.47. The Morgan fingerprint density at radius 1 is 1.45 bits per heavy atom. The molecule has 1 aromatic rings. The number of nitrogens with zero attached hydrogens (tertiary/aromatic N) is 1. The molecule has 9 heteroatoms. The molecule has 1 atom stereocenters. The van der Waals surface area contributed by atoms with Crippen LogP contribution in [0.2, 0.25) is 0 Å². The summed E-state index contributed by atoms with van der Waals surface area (Å²) in [5, 5.41) is 13.8. The third-order valence-corrected chi connectivity index (χ3v) is 4.48. The van der Waals surface area contributed by atoms with Crippen molar-refractivity contribution in [2.45, 2.75) is 11.3 Å². The van der Waals surface area contributed by atoms with Crippen molar-refractivity contribution in [2.75, 3.05) is 19.6 Å². The van der Waals surface area contributed by atoms with E-state index in [1.54, 1.807) is 0 Å². The molecule has 112 valence electrons. The van der Waals surface area contributed by atoms with E-state index in [4.69, 9.17) is 0 Å². The second kappa shape index (κ2) is 6.98. The lowest BCUT2D eigenvalue weighted by Gasteiger charge is -2.10. The van der Waals surface area contributed by atoms with E-state index in [1.165, 1.54) is 18.2 Å². The van der Waals surface area contributed by atoms with Crippen LogP contribution in [0, 0.1) is 16.0 Å². The van der Waals surface area contributed by atoms with Gasteiger partial charge in [0.1, 0.15) is 0 Å². The summed E-state index contributed by atoms with van der Waals surface area (Å²) in [4.78, 5) is 9.94. The fourth-order valence-corrected chi connectivity index (χ4v) is 3.12. The van der Waals surface area contributed by atoms with Crippen LogP contribution in [-0.2, 0) is 10.0 Å². The van der Waals surface area contributed by atoms with E-state index in [9.17, 15) is 18.5 Å². The molecule has 1 saturated heterocycles. The highest BCUT2D eigenvalue weighted by atomic mass is 35.5. The van der Waals surface area contributed by atoms with Gasteiger partial charge in [-0.2, -0.15) is 0 Å². The number of halogens is 1. The standard InChI is InChI=1S/C11H15N3O4S.ClH/c15-14(16)10-2-1-3-11(6-10)19(17,18)13-8-9-4-5-12-7-9;/h1-3,6,9,12-13H,4-5,7-8H2;1H. The van der Waals surface area contributed by atoms with Crippen molar-refractivity contribution < 1.29 is 13.3 Å². The van der Waals surface area contributed by atoms with Crippen molar-refractivity contribution in [3.05, 3.63) is 34.4 Å².